The number of fused-ring (bicyclic) bond motifs is 1. The fourth-order valence-corrected chi connectivity index (χ4v) is 5.33. The Hall–Kier alpha value is -4.72. The van der Waals surface area contributed by atoms with Crippen molar-refractivity contribution < 1.29 is 22.8 Å². The lowest BCUT2D eigenvalue weighted by Gasteiger charge is -2.15. The van der Waals surface area contributed by atoms with E-state index in [1.165, 1.54) is 31.3 Å². The van der Waals surface area contributed by atoms with Crippen LogP contribution in [-0.4, -0.2) is 28.7 Å². The molecular formula is C33H27F2N3O3. The number of amides is 1. The Labute approximate surface area is 235 Å². The summed E-state index contributed by atoms with van der Waals surface area (Å²) < 4.78 is 35.9. The number of hydrogen-bond acceptors (Lipinski definition) is 5. The molecular weight excluding hydrogens is 524 g/mol. The van der Waals surface area contributed by atoms with Crippen molar-refractivity contribution in [3.05, 3.63) is 107 Å². The molecule has 0 saturated heterocycles. The molecule has 0 radical (unpaired) electrons. The van der Waals surface area contributed by atoms with Crippen molar-refractivity contribution in [2.45, 2.75) is 38.5 Å². The number of carbonyl (C=O) groups excluding carboxylic acids is 2. The lowest BCUT2D eigenvalue weighted by atomic mass is 9.90. The average molecular weight is 552 g/mol. The number of Topliss-reactive ketones (excluding diaryl/α,β-unsaturated/α-hetero) is 1. The number of nitrogens with zero attached hydrogens (tertiary/aromatic N) is 2. The minimum atomic E-state index is -0.641. The summed E-state index contributed by atoms with van der Waals surface area (Å²) in [4.78, 5) is 35.4. The highest BCUT2D eigenvalue weighted by Gasteiger charge is 2.48. The van der Waals surface area contributed by atoms with Crippen molar-refractivity contribution in [3.8, 4) is 22.5 Å². The first-order valence-electron chi connectivity index (χ1n) is 13.4. The molecule has 2 heterocycles. The lowest BCUT2D eigenvalue weighted by Crippen LogP contribution is -2.18. The van der Waals surface area contributed by atoms with E-state index in [2.05, 4.69) is 15.3 Å². The second-order valence-corrected chi connectivity index (χ2v) is 10.6. The number of furan rings is 1. The highest BCUT2D eigenvalue weighted by atomic mass is 19.1. The van der Waals surface area contributed by atoms with E-state index in [9.17, 15) is 14.0 Å². The quantitative estimate of drug-likeness (QED) is 0.218. The average Bonchev–Trinajstić information content (AvgIpc) is 3.64. The number of rotatable bonds is 7. The molecule has 1 aliphatic carbocycles. The maximum atomic E-state index is 16.4. The van der Waals surface area contributed by atoms with Crippen LogP contribution in [-0.2, 0) is 5.41 Å². The van der Waals surface area contributed by atoms with E-state index in [1.807, 2.05) is 19.9 Å². The summed E-state index contributed by atoms with van der Waals surface area (Å²) in [5.41, 5.74) is 3.15. The van der Waals surface area contributed by atoms with Crippen molar-refractivity contribution in [1.29, 1.82) is 0 Å². The summed E-state index contributed by atoms with van der Waals surface area (Å²) in [6, 6.07) is 15.7. The van der Waals surface area contributed by atoms with Crippen LogP contribution < -0.4 is 5.32 Å². The molecule has 1 N–H and O–H groups in total. The van der Waals surface area contributed by atoms with Gasteiger partial charge < -0.3 is 9.73 Å². The van der Waals surface area contributed by atoms with E-state index in [-0.39, 0.29) is 45.5 Å². The zero-order valence-corrected chi connectivity index (χ0v) is 22.8. The number of halogens is 2. The second kappa shape index (κ2) is 10.0. The molecule has 0 aliphatic heterocycles. The molecule has 206 valence electrons. The third kappa shape index (κ3) is 4.69. The molecule has 2 aromatic heterocycles. The number of aromatic nitrogens is 2. The second-order valence-electron chi connectivity index (χ2n) is 10.6. The summed E-state index contributed by atoms with van der Waals surface area (Å²) in [6.07, 6.45) is 3.66. The zero-order valence-electron chi connectivity index (χ0n) is 22.8. The van der Waals surface area contributed by atoms with Gasteiger partial charge in [0.25, 0.3) is 5.91 Å². The van der Waals surface area contributed by atoms with Crippen molar-refractivity contribution in [1.82, 2.24) is 15.3 Å². The fourth-order valence-electron chi connectivity index (χ4n) is 5.33. The van der Waals surface area contributed by atoms with Crippen LogP contribution in [0.15, 0.2) is 71.3 Å². The predicted molar refractivity (Wildman–Crippen MR) is 152 cm³/mol. The van der Waals surface area contributed by atoms with Crippen LogP contribution >= 0.6 is 0 Å². The molecule has 6 rings (SSSR count). The molecule has 1 amide bonds. The number of hydrogen-bond donors (Lipinski definition) is 1. The number of aryl methyl sites for hydroxylation is 2. The molecule has 8 heteroatoms. The molecule has 0 atom stereocenters. The predicted octanol–water partition coefficient (Wildman–Crippen LogP) is 7.12. The molecule has 0 bridgehead atoms. The van der Waals surface area contributed by atoms with Gasteiger partial charge in [-0.1, -0.05) is 12.1 Å². The summed E-state index contributed by atoms with van der Waals surface area (Å²) >= 11 is 0. The highest BCUT2D eigenvalue weighted by Crippen LogP contribution is 2.50. The van der Waals surface area contributed by atoms with E-state index < -0.39 is 17.5 Å². The Balaban J connectivity index is 1.42. The third-order valence-electron chi connectivity index (χ3n) is 7.82. The Morgan fingerprint density at radius 3 is 2.41 bits per heavy atom. The van der Waals surface area contributed by atoms with Gasteiger partial charge in [0.1, 0.15) is 28.8 Å². The van der Waals surface area contributed by atoms with Crippen molar-refractivity contribution in [2.24, 2.45) is 0 Å². The molecule has 1 saturated carbocycles. The van der Waals surface area contributed by atoms with Crippen molar-refractivity contribution >= 4 is 22.7 Å². The maximum absolute atomic E-state index is 16.4. The van der Waals surface area contributed by atoms with Crippen molar-refractivity contribution in [2.75, 3.05) is 7.05 Å². The van der Waals surface area contributed by atoms with Gasteiger partial charge in [0, 0.05) is 47.5 Å². The largest absolute Gasteiger partial charge is 0.455 e. The first-order valence-corrected chi connectivity index (χ1v) is 13.4. The van der Waals surface area contributed by atoms with Gasteiger partial charge in [-0.2, -0.15) is 0 Å². The Morgan fingerprint density at radius 2 is 1.73 bits per heavy atom. The molecule has 3 aromatic carbocycles. The summed E-state index contributed by atoms with van der Waals surface area (Å²) in [5.74, 6) is -0.852. The molecule has 0 unspecified atom stereocenters. The fraction of sp³-hybridized carbons (Fsp3) is 0.212. The first-order chi connectivity index (χ1) is 19.7. The molecule has 1 aliphatic rings. The standard InChI is InChI=1S/C33H27F2N3O3/c1-18-4-5-21(25(39)17-33(13-14-33)32-37-15-12-19(2)38-32)16-24(18)23-10-11-26-27(29(23)35)28(31(40)36-3)30(41-26)20-6-8-22(34)9-7-20/h4-12,15-16H,13-14,17H2,1-3H3,(H,36,40). The minimum absolute atomic E-state index is 0.0193. The molecule has 1 fully saturated rings. The van der Waals surface area contributed by atoms with Gasteiger partial charge in [0.15, 0.2) is 5.78 Å². The van der Waals surface area contributed by atoms with Crippen LogP contribution in [0.3, 0.4) is 0 Å². The highest BCUT2D eigenvalue weighted by molar-refractivity contribution is 6.12. The molecule has 0 spiro atoms. The molecule has 5 aromatic rings. The number of benzene rings is 3. The van der Waals surface area contributed by atoms with E-state index in [0.29, 0.717) is 22.5 Å². The van der Waals surface area contributed by atoms with Crippen LogP contribution in [0, 0.1) is 25.5 Å². The van der Waals surface area contributed by atoms with Crippen molar-refractivity contribution in [3.63, 3.8) is 0 Å². The van der Waals surface area contributed by atoms with Gasteiger partial charge >= 0.3 is 0 Å². The van der Waals surface area contributed by atoms with Gasteiger partial charge in [-0.25, -0.2) is 18.7 Å². The smallest absolute Gasteiger partial charge is 0.255 e. The topological polar surface area (TPSA) is 85.1 Å². The van der Waals surface area contributed by atoms with Gasteiger partial charge in [-0.3, -0.25) is 9.59 Å². The van der Waals surface area contributed by atoms with Gasteiger partial charge in [-0.15, -0.1) is 0 Å². The Kier molecular flexibility index (Phi) is 6.49. The van der Waals surface area contributed by atoms with E-state index in [0.717, 1.165) is 24.1 Å². The third-order valence-corrected chi connectivity index (χ3v) is 7.82. The summed E-state index contributed by atoms with van der Waals surface area (Å²) in [5, 5.41) is 2.57. The van der Waals surface area contributed by atoms with Gasteiger partial charge in [0.05, 0.1) is 10.9 Å². The van der Waals surface area contributed by atoms with Crippen LogP contribution in [0.1, 0.15) is 57.1 Å². The van der Waals surface area contributed by atoms with Crippen LogP contribution in [0.25, 0.3) is 33.4 Å². The number of carbonyl (C=O) groups is 2. The first kappa shape index (κ1) is 26.5. The monoisotopic (exact) mass is 551 g/mol. The number of ketones is 1. The normalized spacial score (nSPS) is 13.8. The van der Waals surface area contributed by atoms with Gasteiger partial charge in [-0.05, 0) is 86.3 Å². The van der Waals surface area contributed by atoms with Crippen LogP contribution in [0.5, 0.6) is 0 Å². The summed E-state index contributed by atoms with van der Waals surface area (Å²) in [7, 11) is 1.45. The number of nitrogens with one attached hydrogen (secondary N) is 1. The summed E-state index contributed by atoms with van der Waals surface area (Å²) in [6.45, 7) is 3.74. The Morgan fingerprint density at radius 1 is 0.976 bits per heavy atom. The molecule has 41 heavy (non-hydrogen) atoms. The van der Waals surface area contributed by atoms with Crippen LogP contribution in [0.4, 0.5) is 8.78 Å². The van der Waals surface area contributed by atoms with Gasteiger partial charge in [0.2, 0.25) is 0 Å². The van der Waals surface area contributed by atoms with E-state index in [4.69, 9.17) is 4.42 Å². The van der Waals surface area contributed by atoms with Crippen LogP contribution in [0.2, 0.25) is 0 Å². The zero-order chi connectivity index (χ0) is 28.9. The molecule has 6 nitrogen and oxygen atoms in total. The van der Waals surface area contributed by atoms with E-state index >= 15 is 4.39 Å². The van der Waals surface area contributed by atoms with E-state index in [1.54, 1.807) is 36.5 Å². The Bertz CT molecular complexity index is 1840. The lowest BCUT2D eigenvalue weighted by molar-refractivity contribution is 0.0958. The maximum Gasteiger partial charge on any atom is 0.255 e. The SMILES string of the molecule is CNC(=O)c1c(-c2ccc(F)cc2)oc2ccc(-c3cc(C(=O)CC4(c5nccc(C)n5)CC4)ccc3C)c(F)c12. The minimum Gasteiger partial charge on any atom is -0.455 e.